The van der Waals surface area contributed by atoms with Crippen molar-refractivity contribution >= 4 is 11.9 Å². The maximum Gasteiger partial charge on any atom is 0.330 e. The van der Waals surface area contributed by atoms with Gasteiger partial charge in [-0.25, -0.2) is 9.48 Å². The molecule has 3 aromatic rings. The summed E-state index contributed by atoms with van der Waals surface area (Å²) in [5.41, 5.74) is 1.04. The quantitative estimate of drug-likeness (QED) is 0.425. The van der Waals surface area contributed by atoms with Crippen molar-refractivity contribution in [2.75, 3.05) is 6.61 Å². The number of hydrogen-bond acceptors (Lipinski definition) is 9. The maximum atomic E-state index is 12.6. The average Bonchev–Trinajstić information content (AvgIpc) is 3.49. The number of unbranched alkanes of at least 4 members (excludes halogenated alkanes) is 1. The molecule has 1 fully saturated rings. The number of rotatable bonds is 9. The second-order valence-corrected chi connectivity index (χ2v) is 8.84. The molecule has 0 radical (unpaired) electrons. The Balaban J connectivity index is 1.59. The number of nitrogens with one attached hydrogen (secondary N) is 1. The highest BCUT2D eigenvalue weighted by Crippen LogP contribution is 2.31. The van der Waals surface area contributed by atoms with Gasteiger partial charge in [-0.15, -0.1) is 5.10 Å². The van der Waals surface area contributed by atoms with Gasteiger partial charge in [0.15, 0.2) is 0 Å². The molecule has 12 heteroatoms. The first-order valence-electron chi connectivity index (χ1n) is 12.1. The Labute approximate surface area is 212 Å². The lowest BCUT2D eigenvalue weighted by Crippen LogP contribution is -2.33. The number of benzene rings is 1. The number of carbonyl (C=O) groups is 2. The van der Waals surface area contributed by atoms with E-state index < -0.39 is 41.6 Å². The van der Waals surface area contributed by atoms with Crippen LogP contribution in [0.25, 0.3) is 16.9 Å². The minimum atomic E-state index is -0.876. The van der Waals surface area contributed by atoms with E-state index in [0.717, 1.165) is 24.9 Å². The summed E-state index contributed by atoms with van der Waals surface area (Å²) in [5, 5.41) is 8.25. The number of aryl methyl sites for hydroxylation is 1. The molecule has 0 amide bonds. The van der Waals surface area contributed by atoms with Crippen LogP contribution < -0.4 is 11.2 Å². The van der Waals surface area contributed by atoms with Gasteiger partial charge in [0.2, 0.25) is 0 Å². The minimum absolute atomic E-state index is 0.112. The van der Waals surface area contributed by atoms with Gasteiger partial charge in [-0.1, -0.05) is 30.7 Å². The predicted molar refractivity (Wildman–Crippen MR) is 131 cm³/mol. The summed E-state index contributed by atoms with van der Waals surface area (Å²) >= 11 is 0. The van der Waals surface area contributed by atoms with Crippen LogP contribution >= 0.6 is 0 Å². The second kappa shape index (κ2) is 11.3. The van der Waals surface area contributed by atoms with E-state index in [2.05, 4.69) is 22.2 Å². The van der Waals surface area contributed by atoms with Gasteiger partial charge in [0.05, 0.1) is 17.4 Å². The third kappa shape index (κ3) is 6.20. The second-order valence-electron chi connectivity index (χ2n) is 8.84. The number of aromatic amines is 1. The molecule has 12 nitrogen and oxygen atoms in total. The molecule has 1 saturated heterocycles. The number of H-pyrrole nitrogens is 1. The average molecular weight is 512 g/mol. The Morgan fingerprint density at radius 1 is 1.14 bits per heavy atom. The van der Waals surface area contributed by atoms with Crippen LogP contribution in [-0.2, 0) is 30.2 Å². The molecule has 0 saturated carbocycles. The number of esters is 2. The lowest BCUT2D eigenvalue weighted by atomic mass is 10.1. The van der Waals surface area contributed by atoms with E-state index in [4.69, 9.17) is 14.2 Å². The highest BCUT2D eigenvalue weighted by molar-refractivity contribution is 5.66. The lowest BCUT2D eigenvalue weighted by molar-refractivity contribution is -0.155. The number of carbonyl (C=O) groups excluding carboxylic acids is 2. The van der Waals surface area contributed by atoms with E-state index in [9.17, 15) is 19.2 Å². The van der Waals surface area contributed by atoms with Crippen molar-refractivity contribution in [3.8, 4) is 16.9 Å². The van der Waals surface area contributed by atoms with Crippen molar-refractivity contribution in [2.45, 2.75) is 64.9 Å². The third-order valence-corrected chi connectivity index (χ3v) is 6.02. The van der Waals surface area contributed by atoms with Crippen molar-refractivity contribution in [3.63, 3.8) is 0 Å². The first kappa shape index (κ1) is 26.0. The summed E-state index contributed by atoms with van der Waals surface area (Å²) in [5.74, 6) is -1.05. The summed E-state index contributed by atoms with van der Waals surface area (Å²) in [7, 11) is 0. The van der Waals surface area contributed by atoms with Crippen LogP contribution in [0.4, 0.5) is 0 Å². The Morgan fingerprint density at radius 3 is 2.57 bits per heavy atom. The van der Waals surface area contributed by atoms with E-state index in [0.29, 0.717) is 0 Å². The van der Waals surface area contributed by atoms with Gasteiger partial charge < -0.3 is 14.2 Å². The van der Waals surface area contributed by atoms with Crippen LogP contribution in [0.5, 0.6) is 0 Å². The number of ether oxygens (including phenoxy) is 3. The third-order valence-electron chi connectivity index (χ3n) is 6.02. The SMILES string of the molecule is CCCCc1ccc(-n2cc(-c3cn([C@H]4C[C@H](OC(C)=O)[C@@H](COC(C)=O)O4)c(=O)[nH]c3=O)nn2)cc1. The van der Waals surface area contributed by atoms with Crippen LogP contribution in [0.2, 0.25) is 0 Å². The zero-order chi connectivity index (χ0) is 26.5. The molecule has 1 aromatic carbocycles. The molecule has 3 atom stereocenters. The normalized spacial score (nSPS) is 19.1. The van der Waals surface area contributed by atoms with Gasteiger partial charge in [-0.2, -0.15) is 0 Å². The monoisotopic (exact) mass is 511 g/mol. The van der Waals surface area contributed by atoms with Crippen LogP contribution in [0.3, 0.4) is 0 Å². The minimum Gasteiger partial charge on any atom is -0.463 e. The van der Waals surface area contributed by atoms with Crippen molar-refractivity contribution < 1.29 is 23.8 Å². The lowest BCUT2D eigenvalue weighted by Gasteiger charge is -2.17. The van der Waals surface area contributed by atoms with Gasteiger partial charge in [-0.3, -0.25) is 23.9 Å². The molecule has 0 unspecified atom stereocenters. The fourth-order valence-corrected chi connectivity index (χ4v) is 4.15. The van der Waals surface area contributed by atoms with E-state index in [1.54, 1.807) is 10.9 Å². The first-order chi connectivity index (χ1) is 17.7. The molecular weight excluding hydrogens is 482 g/mol. The zero-order valence-electron chi connectivity index (χ0n) is 20.9. The van der Waals surface area contributed by atoms with Crippen molar-refractivity contribution in [1.82, 2.24) is 24.5 Å². The Morgan fingerprint density at radius 2 is 1.89 bits per heavy atom. The molecule has 4 rings (SSSR count). The van der Waals surface area contributed by atoms with E-state index >= 15 is 0 Å². The molecule has 1 N–H and O–H groups in total. The van der Waals surface area contributed by atoms with E-state index in [1.807, 2.05) is 24.3 Å². The van der Waals surface area contributed by atoms with Gasteiger partial charge in [-0.05, 0) is 30.5 Å². The smallest absolute Gasteiger partial charge is 0.330 e. The first-order valence-corrected chi connectivity index (χ1v) is 12.1. The highest BCUT2D eigenvalue weighted by atomic mass is 16.6. The number of hydrogen-bond donors (Lipinski definition) is 1. The van der Waals surface area contributed by atoms with Crippen LogP contribution in [0.15, 0.2) is 46.2 Å². The van der Waals surface area contributed by atoms with Crippen LogP contribution in [-0.4, -0.2) is 55.3 Å². The summed E-state index contributed by atoms with van der Waals surface area (Å²) in [4.78, 5) is 50.3. The predicted octanol–water partition coefficient (Wildman–Crippen LogP) is 1.91. The van der Waals surface area contributed by atoms with Crippen molar-refractivity contribution in [2.24, 2.45) is 0 Å². The Bertz CT molecular complexity index is 1380. The summed E-state index contributed by atoms with van der Waals surface area (Å²) in [6.45, 7) is 4.50. The summed E-state index contributed by atoms with van der Waals surface area (Å²) in [6, 6.07) is 7.92. The molecule has 2 aromatic heterocycles. The molecule has 0 aliphatic carbocycles. The van der Waals surface area contributed by atoms with Gasteiger partial charge in [0.25, 0.3) is 5.56 Å². The summed E-state index contributed by atoms with van der Waals surface area (Å²) in [6.07, 6.45) is 3.89. The molecule has 37 heavy (non-hydrogen) atoms. The van der Waals surface area contributed by atoms with Gasteiger partial charge >= 0.3 is 17.6 Å². The summed E-state index contributed by atoms with van der Waals surface area (Å²) < 4.78 is 18.9. The number of nitrogens with zero attached hydrogens (tertiary/aromatic N) is 4. The fraction of sp³-hybridized carbons (Fsp3) is 0.440. The largest absolute Gasteiger partial charge is 0.463 e. The molecule has 0 bridgehead atoms. The maximum absolute atomic E-state index is 12.6. The van der Waals surface area contributed by atoms with Gasteiger partial charge in [0.1, 0.15) is 30.7 Å². The highest BCUT2D eigenvalue weighted by Gasteiger charge is 2.40. The standard InChI is InChI=1S/C25H29N5O7/c1-4-5-6-17-7-9-18(10-8-17)30-13-20(27-28-30)19-12-29(25(34)26-24(19)33)23-11-21(36-16(3)32)22(37-23)14-35-15(2)31/h7-10,12-13,21-23H,4-6,11,14H2,1-3H3,(H,26,33,34)/t21-,22+,23+/m0/s1. The number of aromatic nitrogens is 5. The van der Waals surface area contributed by atoms with E-state index in [-0.39, 0.29) is 24.3 Å². The van der Waals surface area contributed by atoms with Crippen LogP contribution in [0, 0.1) is 0 Å². The van der Waals surface area contributed by atoms with Crippen molar-refractivity contribution in [3.05, 3.63) is 63.1 Å². The van der Waals surface area contributed by atoms with Gasteiger partial charge in [0, 0.05) is 26.5 Å². The molecule has 196 valence electrons. The molecule has 1 aliphatic rings. The molecule has 1 aliphatic heterocycles. The fourth-order valence-electron chi connectivity index (χ4n) is 4.15. The molecular formula is C25H29N5O7. The zero-order valence-corrected chi connectivity index (χ0v) is 20.9. The molecule has 3 heterocycles. The Hall–Kier alpha value is -4.06. The molecule has 0 spiro atoms. The van der Waals surface area contributed by atoms with Crippen LogP contribution in [0.1, 0.15) is 51.8 Å². The topological polar surface area (TPSA) is 147 Å². The van der Waals surface area contributed by atoms with Crippen molar-refractivity contribution in [1.29, 1.82) is 0 Å². The Kier molecular flexibility index (Phi) is 7.97. The van der Waals surface area contributed by atoms with E-state index in [1.165, 1.54) is 30.2 Å².